The van der Waals surface area contributed by atoms with Crippen LogP contribution in [0, 0.1) is 0 Å². The number of likely N-dealkylation sites (N-methyl/N-ethyl adjacent to an activating group) is 1. The van der Waals surface area contributed by atoms with Gasteiger partial charge in [-0.05, 0) is 102 Å². The molecule has 10 heteroatoms. The molecule has 0 heterocycles. The number of nitrogens with one attached hydrogen (secondary N) is 1. The summed E-state index contributed by atoms with van der Waals surface area (Å²) in [6.45, 7) is 6.99. The van der Waals surface area contributed by atoms with Crippen LogP contribution in [0.2, 0.25) is 0 Å². The van der Waals surface area contributed by atoms with Crippen LogP contribution in [0.5, 0.6) is 0 Å². The maximum atomic E-state index is 13.6. The van der Waals surface area contributed by atoms with Gasteiger partial charge in [-0.15, -0.1) is 0 Å². The van der Waals surface area contributed by atoms with E-state index in [1.54, 1.807) is 0 Å². The van der Waals surface area contributed by atoms with E-state index in [9.17, 15) is 19.0 Å². The van der Waals surface area contributed by atoms with Crippen LogP contribution in [-0.2, 0) is 27.9 Å². The quantitative estimate of drug-likeness (QED) is 0.0205. The van der Waals surface area contributed by atoms with Crippen molar-refractivity contribution < 1.29 is 37.3 Å². The third kappa shape index (κ3) is 63.9. The van der Waals surface area contributed by atoms with Crippen molar-refractivity contribution in [3.8, 4) is 0 Å². The lowest BCUT2D eigenvalue weighted by molar-refractivity contribution is -0.870. The van der Waals surface area contributed by atoms with Crippen molar-refractivity contribution in [2.75, 3.05) is 40.9 Å². The van der Waals surface area contributed by atoms with Gasteiger partial charge in [-0.25, -0.2) is 4.57 Å². The highest BCUT2D eigenvalue weighted by Crippen LogP contribution is 2.43. The van der Waals surface area contributed by atoms with Crippen LogP contribution in [0.3, 0.4) is 0 Å². The molecule has 490 valence electrons. The van der Waals surface area contributed by atoms with Crippen molar-refractivity contribution in [1.29, 1.82) is 0 Å². The molecular weight excluding hydrogens is 1060 g/mol. The summed E-state index contributed by atoms with van der Waals surface area (Å²) in [5, 5.41) is 3.07. The van der Waals surface area contributed by atoms with Crippen LogP contribution in [-0.4, -0.2) is 74.3 Å². The van der Waals surface area contributed by atoms with Crippen molar-refractivity contribution in [3.05, 3.63) is 72.9 Å². The molecule has 0 aromatic rings. The van der Waals surface area contributed by atoms with Crippen LogP contribution in [0.1, 0.15) is 335 Å². The summed E-state index contributed by atoms with van der Waals surface area (Å²) >= 11 is 0. The summed E-state index contributed by atoms with van der Waals surface area (Å²) in [4.78, 5) is 37.9. The predicted molar refractivity (Wildman–Crippen MR) is 365 cm³/mol. The molecule has 0 bridgehead atoms. The number of hydrogen-bond donors (Lipinski definition) is 2. The summed E-state index contributed by atoms with van der Waals surface area (Å²) in [7, 11) is 1.49. The molecule has 1 amide bonds. The van der Waals surface area contributed by atoms with Gasteiger partial charge < -0.3 is 19.4 Å². The number of esters is 1. The lowest BCUT2D eigenvalue weighted by Crippen LogP contribution is -2.47. The summed E-state index contributed by atoms with van der Waals surface area (Å²) < 4.78 is 30.8. The SMILES string of the molecule is CCCCC/C=C\C/C=C\C/C=C\CCCCCCCCC(=O)OC(/C=C\CCCCCCCCCCCC)C(COP(=O)(O)OCC[N+](C)(C)C)NC(=O)CCCCCCCCCCCCCCCCCCC/C=C\C/C=C\CCCCC. The Balaban J connectivity index is 5.03. The van der Waals surface area contributed by atoms with Crippen LogP contribution in [0.4, 0.5) is 0 Å². The number of carbonyl (C=O) groups excluding carboxylic acids is 2. The lowest BCUT2D eigenvalue weighted by Gasteiger charge is -2.27. The van der Waals surface area contributed by atoms with E-state index in [-0.39, 0.29) is 31.5 Å². The smallest absolute Gasteiger partial charge is 0.456 e. The normalized spacial score (nSPS) is 13.9. The monoisotopic (exact) mass is 1200 g/mol. The number of carbonyl (C=O) groups is 2. The molecular formula is C74H138N2O7P+. The number of hydrogen-bond acceptors (Lipinski definition) is 6. The molecule has 0 aliphatic carbocycles. The Hall–Kier alpha value is -2.55. The summed E-state index contributed by atoms with van der Waals surface area (Å²) in [5.41, 5.74) is 0. The second kappa shape index (κ2) is 63.5. The number of allylic oxidation sites excluding steroid dienone is 11. The molecule has 84 heavy (non-hydrogen) atoms. The molecule has 0 aromatic heterocycles. The number of nitrogens with zero attached hydrogens (tertiary/aromatic N) is 1. The van der Waals surface area contributed by atoms with Gasteiger partial charge in [0.25, 0.3) is 0 Å². The van der Waals surface area contributed by atoms with Crippen molar-refractivity contribution in [2.24, 2.45) is 0 Å². The van der Waals surface area contributed by atoms with E-state index in [0.29, 0.717) is 17.4 Å². The molecule has 0 aliphatic heterocycles. The van der Waals surface area contributed by atoms with Gasteiger partial charge in [-0.2, -0.15) is 0 Å². The first-order chi connectivity index (χ1) is 40.9. The van der Waals surface area contributed by atoms with Crippen molar-refractivity contribution in [3.63, 3.8) is 0 Å². The summed E-state index contributed by atoms with van der Waals surface area (Å²) in [6.07, 6.45) is 83.4. The van der Waals surface area contributed by atoms with Gasteiger partial charge in [0.05, 0.1) is 33.8 Å². The average Bonchev–Trinajstić information content (AvgIpc) is 3.65. The Bertz CT molecular complexity index is 1670. The van der Waals surface area contributed by atoms with Gasteiger partial charge in [0.2, 0.25) is 5.91 Å². The molecule has 0 spiro atoms. The van der Waals surface area contributed by atoms with Crippen LogP contribution < -0.4 is 5.32 Å². The van der Waals surface area contributed by atoms with Gasteiger partial charge in [0.15, 0.2) is 0 Å². The number of rotatable bonds is 65. The number of ether oxygens (including phenoxy) is 1. The van der Waals surface area contributed by atoms with E-state index in [1.807, 2.05) is 33.3 Å². The van der Waals surface area contributed by atoms with E-state index >= 15 is 0 Å². The standard InChI is InChI=1S/C74H137N2O7P/c1-7-10-13-16-19-22-25-28-30-32-34-35-36-37-38-39-40-41-43-44-46-48-51-54-57-60-63-66-73(77)75-71(70-82-84(79,80)81-69-68-76(4,5)6)72(65-62-59-56-53-50-27-24-21-18-15-12-9-3)83-74(78)67-64-61-58-55-52-49-47-45-42-33-31-29-26-23-20-17-14-11-8-2/h19-20,22-23,28-31,42,45,62,65,71-72H,7-18,21,24-27,32-41,43-44,46-61,63-64,66-70H2,1-6H3,(H-,75,77,79,80)/p+1/b22-19-,23-20-,30-28-,31-29-,45-42-,65-62-. The zero-order valence-electron chi connectivity index (χ0n) is 56.1. The fraction of sp³-hybridized carbons (Fsp3) is 0.811. The first-order valence-electron chi connectivity index (χ1n) is 35.8. The molecule has 9 nitrogen and oxygen atoms in total. The second-order valence-corrected chi connectivity index (χ2v) is 26.9. The first-order valence-corrected chi connectivity index (χ1v) is 37.3. The minimum absolute atomic E-state index is 0.0372. The average molecular weight is 1200 g/mol. The van der Waals surface area contributed by atoms with E-state index in [1.165, 1.54) is 212 Å². The van der Waals surface area contributed by atoms with Gasteiger partial charge in [-0.1, -0.05) is 293 Å². The van der Waals surface area contributed by atoms with E-state index in [4.69, 9.17) is 13.8 Å². The number of amides is 1. The van der Waals surface area contributed by atoms with Crippen LogP contribution >= 0.6 is 7.82 Å². The Kier molecular flexibility index (Phi) is 61.5. The zero-order chi connectivity index (χ0) is 61.4. The van der Waals surface area contributed by atoms with E-state index < -0.39 is 20.0 Å². The molecule has 0 saturated heterocycles. The molecule has 2 N–H and O–H groups in total. The molecule has 3 atom stereocenters. The zero-order valence-corrected chi connectivity index (χ0v) is 57.0. The summed E-state index contributed by atoms with van der Waals surface area (Å²) in [6, 6.07) is -0.856. The fourth-order valence-electron chi connectivity index (χ4n) is 10.3. The molecule has 0 radical (unpaired) electrons. The van der Waals surface area contributed by atoms with Gasteiger partial charge >= 0.3 is 13.8 Å². The maximum absolute atomic E-state index is 13.6. The maximum Gasteiger partial charge on any atom is 0.472 e. The summed E-state index contributed by atoms with van der Waals surface area (Å²) in [5.74, 6) is -0.509. The van der Waals surface area contributed by atoms with Gasteiger partial charge in [0, 0.05) is 12.8 Å². The third-order valence-corrected chi connectivity index (χ3v) is 16.9. The second-order valence-electron chi connectivity index (χ2n) is 25.4. The van der Waals surface area contributed by atoms with Gasteiger partial charge in [-0.3, -0.25) is 18.6 Å². The number of unbranched alkanes of at least 4 members (excludes halogenated alkanes) is 39. The largest absolute Gasteiger partial charge is 0.472 e. The molecule has 0 rings (SSSR count). The highest BCUT2D eigenvalue weighted by Gasteiger charge is 2.30. The van der Waals surface area contributed by atoms with Crippen molar-refractivity contribution in [2.45, 2.75) is 348 Å². The Labute approximate surface area is 521 Å². The van der Waals surface area contributed by atoms with Gasteiger partial charge in [0.1, 0.15) is 19.3 Å². The van der Waals surface area contributed by atoms with Crippen LogP contribution in [0.15, 0.2) is 72.9 Å². The van der Waals surface area contributed by atoms with Crippen molar-refractivity contribution in [1.82, 2.24) is 5.32 Å². The van der Waals surface area contributed by atoms with Crippen molar-refractivity contribution >= 4 is 19.7 Å². The predicted octanol–water partition coefficient (Wildman–Crippen LogP) is 22.7. The molecule has 0 aliphatic rings. The molecule has 0 fully saturated rings. The minimum Gasteiger partial charge on any atom is -0.456 e. The lowest BCUT2D eigenvalue weighted by atomic mass is 10.0. The fourth-order valence-corrected chi connectivity index (χ4v) is 11.1. The van der Waals surface area contributed by atoms with Crippen LogP contribution in [0.25, 0.3) is 0 Å². The molecule has 0 saturated carbocycles. The number of phosphoric ester groups is 1. The Morgan fingerprint density at radius 1 is 0.417 bits per heavy atom. The molecule has 3 unspecified atom stereocenters. The Morgan fingerprint density at radius 3 is 1.11 bits per heavy atom. The first kappa shape index (κ1) is 81.5. The van der Waals surface area contributed by atoms with E-state index in [2.05, 4.69) is 86.8 Å². The Morgan fingerprint density at radius 2 is 0.726 bits per heavy atom. The number of phosphoric acid groups is 1. The highest BCUT2D eigenvalue weighted by atomic mass is 31.2. The number of quaternary nitrogens is 1. The highest BCUT2D eigenvalue weighted by molar-refractivity contribution is 7.47. The topological polar surface area (TPSA) is 111 Å². The third-order valence-electron chi connectivity index (χ3n) is 15.9. The minimum atomic E-state index is -4.46. The molecule has 0 aromatic carbocycles. The van der Waals surface area contributed by atoms with E-state index in [0.717, 1.165) is 89.9 Å².